The van der Waals surface area contributed by atoms with Gasteiger partial charge in [-0.15, -0.1) is 0 Å². The zero-order valence-electron chi connectivity index (χ0n) is 18.3. The van der Waals surface area contributed by atoms with Gasteiger partial charge in [-0.25, -0.2) is 9.78 Å². The molecule has 1 aromatic carbocycles. The van der Waals surface area contributed by atoms with Crippen molar-refractivity contribution in [2.75, 3.05) is 26.2 Å². The predicted molar refractivity (Wildman–Crippen MR) is 117 cm³/mol. The van der Waals surface area contributed by atoms with Crippen molar-refractivity contribution >= 4 is 22.8 Å². The summed E-state index contributed by atoms with van der Waals surface area (Å²) in [4.78, 5) is 31.1. The van der Waals surface area contributed by atoms with Crippen LogP contribution in [0.2, 0.25) is 0 Å². The van der Waals surface area contributed by atoms with Gasteiger partial charge in [-0.3, -0.25) is 9.48 Å². The monoisotopic (exact) mass is 475 g/mol. The van der Waals surface area contributed by atoms with E-state index in [4.69, 9.17) is 9.90 Å². The molecule has 0 saturated carbocycles. The summed E-state index contributed by atoms with van der Waals surface area (Å²) in [5.74, 6) is -2.76. The Balaban J connectivity index is 0.000000344. The van der Waals surface area contributed by atoms with E-state index in [0.717, 1.165) is 36.2 Å². The molecule has 0 radical (unpaired) electrons. The maximum Gasteiger partial charge on any atom is 0.490 e. The molecule has 1 unspecified atom stereocenters. The molecule has 0 aliphatic carbocycles. The van der Waals surface area contributed by atoms with Crippen LogP contribution in [0.1, 0.15) is 35.1 Å². The van der Waals surface area contributed by atoms with Crippen molar-refractivity contribution in [1.82, 2.24) is 24.6 Å². The highest BCUT2D eigenvalue weighted by atomic mass is 19.4. The molecular weight excluding hydrogens is 451 g/mol. The van der Waals surface area contributed by atoms with Gasteiger partial charge in [0.1, 0.15) is 5.69 Å². The number of aromatic nitrogens is 3. The number of carbonyl (C=O) groups excluding carboxylic acids is 1. The third-order valence-electron chi connectivity index (χ3n) is 5.90. The van der Waals surface area contributed by atoms with E-state index in [2.05, 4.69) is 19.7 Å². The number of alkyl halides is 3. The van der Waals surface area contributed by atoms with Crippen LogP contribution in [0.5, 0.6) is 0 Å². The van der Waals surface area contributed by atoms with Crippen LogP contribution < -0.4 is 0 Å². The lowest BCUT2D eigenvalue weighted by atomic mass is 10.1. The summed E-state index contributed by atoms with van der Waals surface area (Å²) in [6, 6.07) is 13.9. The summed E-state index contributed by atoms with van der Waals surface area (Å²) < 4.78 is 33.8. The van der Waals surface area contributed by atoms with Crippen molar-refractivity contribution in [2.45, 2.75) is 31.6 Å². The minimum absolute atomic E-state index is 0.000347. The van der Waals surface area contributed by atoms with Gasteiger partial charge in [0.15, 0.2) is 0 Å². The van der Waals surface area contributed by atoms with Crippen molar-refractivity contribution in [3.63, 3.8) is 0 Å². The second-order valence-corrected chi connectivity index (χ2v) is 8.31. The van der Waals surface area contributed by atoms with Crippen LogP contribution >= 0.6 is 0 Å². The minimum atomic E-state index is -5.08. The lowest BCUT2D eigenvalue weighted by molar-refractivity contribution is -0.192. The fraction of sp³-hybridized carbons (Fsp3) is 0.391. The van der Waals surface area contributed by atoms with Crippen LogP contribution in [0.4, 0.5) is 13.2 Å². The third-order valence-corrected chi connectivity index (χ3v) is 5.90. The molecular formula is C23H24F3N5O3. The molecule has 1 amide bonds. The van der Waals surface area contributed by atoms with Gasteiger partial charge in [0.05, 0.1) is 23.8 Å². The molecule has 2 aliphatic rings. The summed E-state index contributed by atoms with van der Waals surface area (Å²) in [5, 5.41) is 12.7. The van der Waals surface area contributed by atoms with E-state index in [9.17, 15) is 18.0 Å². The third kappa shape index (κ3) is 5.36. The highest BCUT2D eigenvalue weighted by Crippen LogP contribution is 2.24. The number of benzene rings is 1. The number of fused-ring (bicyclic) bond motifs is 2. The van der Waals surface area contributed by atoms with Gasteiger partial charge in [-0.1, -0.05) is 24.3 Å². The van der Waals surface area contributed by atoms with Crippen LogP contribution in [0.3, 0.4) is 0 Å². The van der Waals surface area contributed by atoms with Gasteiger partial charge < -0.3 is 14.9 Å². The average molecular weight is 475 g/mol. The predicted octanol–water partition coefficient (Wildman–Crippen LogP) is 3.36. The summed E-state index contributed by atoms with van der Waals surface area (Å²) in [6.07, 6.45) is -0.709. The topological polar surface area (TPSA) is 91.6 Å². The molecule has 1 N–H and O–H groups in total. The fourth-order valence-electron chi connectivity index (χ4n) is 4.29. The first-order valence-corrected chi connectivity index (χ1v) is 10.9. The van der Waals surface area contributed by atoms with Gasteiger partial charge in [0, 0.05) is 24.7 Å². The van der Waals surface area contributed by atoms with Gasteiger partial charge in [-0.2, -0.15) is 18.3 Å². The quantitative estimate of drug-likeness (QED) is 0.625. The highest BCUT2D eigenvalue weighted by molar-refractivity contribution is 5.95. The molecule has 34 heavy (non-hydrogen) atoms. The number of pyridine rings is 1. The fourth-order valence-corrected chi connectivity index (χ4v) is 4.29. The minimum Gasteiger partial charge on any atom is -0.475 e. The maximum absolute atomic E-state index is 13.2. The first-order chi connectivity index (χ1) is 16.2. The molecule has 0 bridgehead atoms. The van der Waals surface area contributed by atoms with Crippen molar-refractivity contribution in [3.8, 4) is 0 Å². The van der Waals surface area contributed by atoms with E-state index in [1.165, 1.54) is 12.8 Å². The zero-order valence-corrected chi connectivity index (χ0v) is 18.3. The highest BCUT2D eigenvalue weighted by Gasteiger charge is 2.38. The van der Waals surface area contributed by atoms with Crippen LogP contribution in [-0.4, -0.2) is 73.9 Å². The van der Waals surface area contributed by atoms with E-state index in [1.54, 1.807) is 0 Å². The Morgan fingerprint density at radius 3 is 2.47 bits per heavy atom. The molecule has 11 heteroatoms. The Bertz CT molecular complexity index is 1170. The molecule has 2 aromatic heterocycles. The Morgan fingerprint density at radius 1 is 1.06 bits per heavy atom. The van der Waals surface area contributed by atoms with Crippen molar-refractivity contribution in [3.05, 3.63) is 60.0 Å². The molecule has 2 aliphatic heterocycles. The van der Waals surface area contributed by atoms with E-state index >= 15 is 0 Å². The largest absolute Gasteiger partial charge is 0.490 e. The van der Waals surface area contributed by atoms with Gasteiger partial charge >= 0.3 is 12.1 Å². The summed E-state index contributed by atoms with van der Waals surface area (Å²) in [7, 11) is 0. The molecule has 3 aromatic rings. The molecule has 1 atom stereocenters. The number of carboxylic acid groups (broad SMARTS) is 1. The number of aliphatic carboxylic acids is 1. The number of hydrogen-bond donors (Lipinski definition) is 1. The number of halogens is 3. The maximum atomic E-state index is 13.2. The van der Waals surface area contributed by atoms with Gasteiger partial charge in [0.25, 0.3) is 5.91 Å². The Kier molecular flexibility index (Phi) is 6.82. The van der Waals surface area contributed by atoms with E-state index < -0.39 is 12.1 Å². The number of amides is 1. The number of likely N-dealkylation sites (tertiary alicyclic amines) is 1. The van der Waals surface area contributed by atoms with Crippen molar-refractivity contribution in [2.24, 2.45) is 0 Å². The lowest BCUT2D eigenvalue weighted by Crippen LogP contribution is -2.45. The van der Waals surface area contributed by atoms with Crippen LogP contribution in [-0.2, 0) is 11.3 Å². The average Bonchev–Trinajstić information content (AvgIpc) is 3.50. The zero-order chi connectivity index (χ0) is 24.3. The van der Waals surface area contributed by atoms with Crippen molar-refractivity contribution < 1.29 is 27.9 Å². The second kappa shape index (κ2) is 9.80. The number of hydrogen-bond acceptors (Lipinski definition) is 5. The molecule has 8 nitrogen and oxygen atoms in total. The SMILES string of the molecule is O=C(O)C(F)(F)F.O=C(c1ccc2ccccc2n1)N1Cc2ccnn2C(CN2CCCC2)C1. The Labute approximate surface area is 193 Å². The van der Waals surface area contributed by atoms with Gasteiger partial charge in [0.2, 0.25) is 0 Å². The molecule has 180 valence electrons. The number of para-hydroxylation sites is 1. The van der Waals surface area contributed by atoms with Crippen LogP contribution in [0.25, 0.3) is 10.9 Å². The normalized spacial score (nSPS) is 18.3. The van der Waals surface area contributed by atoms with Crippen LogP contribution in [0.15, 0.2) is 48.7 Å². The molecule has 1 saturated heterocycles. The first kappa shape index (κ1) is 23.7. The molecule has 0 spiro atoms. The number of carboxylic acids is 1. The van der Waals surface area contributed by atoms with E-state index in [-0.39, 0.29) is 11.9 Å². The molecule has 5 rings (SSSR count). The summed E-state index contributed by atoms with van der Waals surface area (Å²) >= 11 is 0. The Morgan fingerprint density at radius 2 is 1.76 bits per heavy atom. The number of carbonyl (C=O) groups is 2. The Hall–Kier alpha value is -3.47. The van der Waals surface area contributed by atoms with Crippen molar-refractivity contribution in [1.29, 1.82) is 0 Å². The van der Waals surface area contributed by atoms with E-state index in [0.29, 0.717) is 18.8 Å². The van der Waals surface area contributed by atoms with Gasteiger partial charge in [-0.05, 0) is 44.1 Å². The standard InChI is InChI=1S/C21H23N5O.C2HF3O2/c27-21(20-8-7-16-5-1-2-6-19(16)23-20)25-14-17-9-10-22-26(17)18(15-25)13-24-11-3-4-12-24;3-2(4,5)1(6)7/h1-2,5-10,18H,3-4,11-15H2;(H,6,7). The van der Waals surface area contributed by atoms with Crippen LogP contribution in [0, 0.1) is 0 Å². The molecule has 4 heterocycles. The number of nitrogens with zero attached hydrogens (tertiary/aromatic N) is 5. The summed E-state index contributed by atoms with van der Waals surface area (Å²) in [6.45, 7) is 4.51. The lowest BCUT2D eigenvalue weighted by Gasteiger charge is -2.35. The second-order valence-electron chi connectivity index (χ2n) is 8.31. The van der Waals surface area contributed by atoms with E-state index in [1.807, 2.05) is 53.6 Å². The number of rotatable bonds is 3. The summed E-state index contributed by atoms with van der Waals surface area (Å²) in [5.41, 5.74) is 2.47. The smallest absolute Gasteiger partial charge is 0.475 e. The first-order valence-electron chi connectivity index (χ1n) is 10.9. The molecule has 1 fully saturated rings.